The standard InChI is InChI=1S/C32H32F2O/c1-3-5-6-11-30(32(34)27-13-12-23-9-7-8-10-25(23)21-27)26-16-19-29(31(33)22-26)24-14-17-28(18-15-24)35-20-4-2/h4,7-10,12-19,21-22,30,32H,2-3,5-6,11,20H2,1H3. The van der Waals surface area contributed by atoms with Crippen LogP contribution in [-0.4, -0.2) is 6.61 Å². The molecular weight excluding hydrogens is 438 g/mol. The van der Waals surface area contributed by atoms with Gasteiger partial charge in [-0.15, -0.1) is 0 Å². The zero-order valence-electron chi connectivity index (χ0n) is 20.2. The van der Waals surface area contributed by atoms with Crippen LogP contribution in [0.5, 0.6) is 5.75 Å². The molecule has 3 heteroatoms. The quantitative estimate of drug-likeness (QED) is 0.157. The van der Waals surface area contributed by atoms with Crippen molar-refractivity contribution >= 4 is 10.8 Å². The maximum absolute atomic E-state index is 16.0. The van der Waals surface area contributed by atoms with E-state index in [9.17, 15) is 0 Å². The molecule has 0 aliphatic rings. The Kier molecular flexibility index (Phi) is 8.31. The molecule has 0 radical (unpaired) electrons. The van der Waals surface area contributed by atoms with E-state index in [4.69, 9.17) is 4.74 Å². The minimum Gasteiger partial charge on any atom is -0.490 e. The Morgan fingerprint density at radius 1 is 0.857 bits per heavy atom. The second kappa shape index (κ2) is 11.8. The summed E-state index contributed by atoms with van der Waals surface area (Å²) in [7, 11) is 0. The van der Waals surface area contributed by atoms with Crippen LogP contribution < -0.4 is 4.74 Å². The number of halogens is 2. The maximum Gasteiger partial charge on any atom is 0.132 e. The van der Waals surface area contributed by atoms with Gasteiger partial charge in [-0.3, -0.25) is 0 Å². The van der Waals surface area contributed by atoms with E-state index < -0.39 is 12.1 Å². The first kappa shape index (κ1) is 24.7. The van der Waals surface area contributed by atoms with E-state index in [0.717, 1.165) is 35.6 Å². The third kappa shape index (κ3) is 5.97. The summed E-state index contributed by atoms with van der Waals surface area (Å²) in [5.74, 6) is -0.0354. The van der Waals surface area contributed by atoms with Gasteiger partial charge < -0.3 is 4.74 Å². The normalized spacial score (nSPS) is 12.9. The molecule has 0 saturated heterocycles. The van der Waals surface area contributed by atoms with E-state index in [2.05, 4.69) is 13.5 Å². The van der Waals surface area contributed by atoms with Crippen molar-refractivity contribution in [2.24, 2.45) is 0 Å². The molecule has 35 heavy (non-hydrogen) atoms. The Balaban J connectivity index is 1.61. The van der Waals surface area contributed by atoms with Gasteiger partial charge in [0.15, 0.2) is 0 Å². The van der Waals surface area contributed by atoms with Crippen molar-refractivity contribution in [3.63, 3.8) is 0 Å². The predicted octanol–water partition coefficient (Wildman–Crippen LogP) is 9.59. The molecular formula is C32H32F2O. The van der Waals surface area contributed by atoms with Crippen molar-refractivity contribution in [3.8, 4) is 16.9 Å². The molecule has 0 saturated carbocycles. The number of fused-ring (bicyclic) bond motifs is 1. The molecule has 0 aliphatic heterocycles. The second-order valence-corrected chi connectivity index (χ2v) is 8.97. The minimum atomic E-state index is -1.21. The van der Waals surface area contributed by atoms with Crippen molar-refractivity contribution in [3.05, 3.63) is 115 Å². The molecule has 180 valence electrons. The summed E-state index contributed by atoms with van der Waals surface area (Å²) >= 11 is 0. The summed E-state index contributed by atoms with van der Waals surface area (Å²) in [5.41, 5.74) is 2.60. The lowest BCUT2D eigenvalue weighted by Gasteiger charge is -2.23. The van der Waals surface area contributed by atoms with Gasteiger partial charge in [-0.1, -0.05) is 99.5 Å². The summed E-state index contributed by atoms with van der Waals surface area (Å²) in [6.07, 6.45) is 4.14. The highest BCUT2D eigenvalue weighted by Crippen LogP contribution is 2.40. The van der Waals surface area contributed by atoms with Crippen LogP contribution in [0.3, 0.4) is 0 Å². The molecule has 4 aromatic carbocycles. The van der Waals surface area contributed by atoms with E-state index >= 15 is 8.78 Å². The first-order valence-corrected chi connectivity index (χ1v) is 12.4. The fraction of sp³-hybridized carbons (Fsp3) is 0.250. The lowest BCUT2D eigenvalue weighted by atomic mass is 9.84. The summed E-state index contributed by atoms with van der Waals surface area (Å²) in [4.78, 5) is 0. The van der Waals surface area contributed by atoms with Gasteiger partial charge >= 0.3 is 0 Å². The van der Waals surface area contributed by atoms with Crippen molar-refractivity contribution in [2.75, 3.05) is 6.61 Å². The number of hydrogen-bond acceptors (Lipinski definition) is 1. The van der Waals surface area contributed by atoms with Crippen molar-refractivity contribution in [1.29, 1.82) is 0 Å². The first-order chi connectivity index (χ1) is 17.1. The third-order valence-electron chi connectivity index (χ3n) is 6.52. The molecule has 0 bridgehead atoms. The highest BCUT2D eigenvalue weighted by atomic mass is 19.1. The Bertz CT molecular complexity index is 1260. The molecule has 0 fully saturated rings. The van der Waals surface area contributed by atoms with Crippen LogP contribution in [0.2, 0.25) is 0 Å². The molecule has 4 rings (SSSR count). The summed E-state index contributed by atoms with van der Waals surface area (Å²) in [6.45, 7) is 6.19. The van der Waals surface area contributed by atoms with Crippen LogP contribution in [0, 0.1) is 5.82 Å². The van der Waals surface area contributed by atoms with E-state index in [1.54, 1.807) is 12.1 Å². The lowest BCUT2D eigenvalue weighted by Crippen LogP contribution is -2.09. The molecule has 0 N–H and O–H groups in total. The number of benzene rings is 4. The zero-order chi connectivity index (χ0) is 24.6. The van der Waals surface area contributed by atoms with E-state index in [1.807, 2.05) is 72.8 Å². The average molecular weight is 471 g/mol. The van der Waals surface area contributed by atoms with Crippen LogP contribution in [0.25, 0.3) is 21.9 Å². The molecule has 2 atom stereocenters. The van der Waals surface area contributed by atoms with Gasteiger partial charge in [0.2, 0.25) is 0 Å². The topological polar surface area (TPSA) is 9.23 Å². The molecule has 2 unspecified atom stereocenters. The number of rotatable bonds is 11. The van der Waals surface area contributed by atoms with Crippen molar-refractivity contribution in [1.82, 2.24) is 0 Å². The van der Waals surface area contributed by atoms with Crippen molar-refractivity contribution < 1.29 is 13.5 Å². The zero-order valence-corrected chi connectivity index (χ0v) is 20.2. The van der Waals surface area contributed by atoms with Crippen LogP contribution in [0.1, 0.15) is 55.8 Å². The SMILES string of the molecule is C=CCOc1ccc(-c2ccc(C(CCCCC)C(F)c3ccc4ccccc4c3)cc2F)cc1. The second-order valence-electron chi connectivity index (χ2n) is 8.97. The van der Waals surface area contributed by atoms with Crippen LogP contribution in [0.15, 0.2) is 97.6 Å². The van der Waals surface area contributed by atoms with Crippen LogP contribution in [0.4, 0.5) is 8.78 Å². The largest absolute Gasteiger partial charge is 0.490 e. The van der Waals surface area contributed by atoms with Gasteiger partial charge in [0, 0.05) is 11.5 Å². The Labute approximate surface area is 207 Å². The van der Waals surface area contributed by atoms with E-state index in [-0.39, 0.29) is 5.82 Å². The van der Waals surface area contributed by atoms with E-state index in [1.165, 1.54) is 6.07 Å². The average Bonchev–Trinajstić information content (AvgIpc) is 2.89. The molecule has 0 aliphatic carbocycles. The van der Waals surface area contributed by atoms with Gasteiger partial charge in [-0.25, -0.2) is 8.78 Å². The summed E-state index contributed by atoms with van der Waals surface area (Å²) in [6, 6.07) is 26.2. The van der Waals surface area contributed by atoms with Crippen molar-refractivity contribution in [2.45, 2.75) is 44.7 Å². The highest BCUT2D eigenvalue weighted by molar-refractivity contribution is 5.83. The fourth-order valence-electron chi connectivity index (χ4n) is 4.59. The number of unbranched alkanes of at least 4 members (excludes halogenated alkanes) is 2. The molecule has 0 heterocycles. The van der Waals surface area contributed by atoms with E-state index in [0.29, 0.717) is 35.5 Å². The maximum atomic E-state index is 16.0. The van der Waals surface area contributed by atoms with Crippen LogP contribution >= 0.6 is 0 Å². The molecule has 0 spiro atoms. The monoisotopic (exact) mass is 470 g/mol. The molecule has 4 aromatic rings. The van der Waals surface area contributed by atoms with Gasteiger partial charge in [-0.2, -0.15) is 0 Å². The molecule has 0 aromatic heterocycles. The number of hydrogen-bond donors (Lipinski definition) is 0. The summed E-state index contributed by atoms with van der Waals surface area (Å²) < 4.78 is 36.8. The third-order valence-corrected chi connectivity index (χ3v) is 6.52. The van der Waals surface area contributed by atoms with Gasteiger partial charge in [0.05, 0.1) is 0 Å². The smallest absolute Gasteiger partial charge is 0.132 e. The van der Waals surface area contributed by atoms with Crippen LogP contribution in [-0.2, 0) is 0 Å². The van der Waals surface area contributed by atoms with Gasteiger partial charge in [-0.05, 0) is 58.1 Å². The number of ether oxygens (including phenoxy) is 1. The Morgan fingerprint density at radius 2 is 1.60 bits per heavy atom. The predicted molar refractivity (Wildman–Crippen MR) is 142 cm³/mol. The fourth-order valence-corrected chi connectivity index (χ4v) is 4.59. The number of alkyl halides is 1. The Morgan fingerprint density at radius 3 is 2.31 bits per heavy atom. The molecule has 1 nitrogen and oxygen atoms in total. The highest BCUT2D eigenvalue weighted by Gasteiger charge is 2.25. The molecule has 0 amide bonds. The van der Waals surface area contributed by atoms with Gasteiger partial charge in [0.25, 0.3) is 0 Å². The summed E-state index contributed by atoms with van der Waals surface area (Å²) in [5, 5.41) is 2.10. The van der Waals surface area contributed by atoms with Gasteiger partial charge in [0.1, 0.15) is 24.3 Å². The Hall–Kier alpha value is -3.46. The minimum absolute atomic E-state index is 0.339. The lowest BCUT2D eigenvalue weighted by molar-refractivity contribution is 0.273. The first-order valence-electron chi connectivity index (χ1n) is 12.4.